The molecular formula is C21H20N2O4S. The minimum Gasteiger partial charge on any atom is -0.462 e. The second kappa shape index (κ2) is 8.67. The molecule has 2 aromatic heterocycles. The van der Waals surface area contributed by atoms with E-state index in [-0.39, 0.29) is 18.7 Å². The van der Waals surface area contributed by atoms with E-state index in [4.69, 9.17) is 4.74 Å². The molecule has 0 fully saturated rings. The van der Waals surface area contributed by atoms with Crippen LogP contribution in [0.3, 0.4) is 0 Å². The highest BCUT2D eigenvalue weighted by Crippen LogP contribution is 2.35. The fraction of sp³-hybridized carbons (Fsp3) is 0.190. The number of anilines is 1. The van der Waals surface area contributed by atoms with Crippen LogP contribution < -0.4 is 10.9 Å². The largest absolute Gasteiger partial charge is 0.462 e. The van der Waals surface area contributed by atoms with Gasteiger partial charge in [0.25, 0.3) is 5.56 Å². The van der Waals surface area contributed by atoms with Crippen LogP contribution in [-0.2, 0) is 16.1 Å². The number of rotatable bonds is 6. The van der Waals surface area contributed by atoms with E-state index in [1.165, 1.54) is 22.0 Å². The van der Waals surface area contributed by atoms with E-state index in [0.29, 0.717) is 10.6 Å². The molecule has 1 N–H and O–H groups in total. The van der Waals surface area contributed by atoms with Crippen LogP contribution in [0.25, 0.3) is 10.4 Å². The summed E-state index contributed by atoms with van der Waals surface area (Å²) in [6, 6.07) is 14.5. The Balaban J connectivity index is 1.86. The molecule has 0 atom stereocenters. The number of nitrogens with one attached hydrogen (secondary N) is 1. The first kappa shape index (κ1) is 19.6. The van der Waals surface area contributed by atoms with Crippen molar-refractivity contribution in [3.63, 3.8) is 0 Å². The van der Waals surface area contributed by atoms with Gasteiger partial charge >= 0.3 is 5.97 Å². The Morgan fingerprint density at radius 1 is 1.14 bits per heavy atom. The zero-order chi connectivity index (χ0) is 20.1. The molecular weight excluding hydrogens is 376 g/mol. The minimum absolute atomic E-state index is 0.139. The van der Waals surface area contributed by atoms with Crippen molar-refractivity contribution in [2.75, 3.05) is 11.9 Å². The number of carbonyl (C=O) groups excluding carboxylic acids is 2. The van der Waals surface area contributed by atoms with Gasteiger partial charge in [-0.2, -0.15) is 0 Å². The Kier molecular flexibility index (Phi) is 6.06. The number of esters is 1. The molecule has 1 amide bonds. The third-order valence-electron chi connectivity index (χ3n) is 4.00. The van der Waals surface area contributed by atoms with Crippen molar-refractivity contribution in [1.29, 1.82) is 0 Å². The first-order chi connectivity index (χ1) is 13.5. The van der Waals surface area contributed by atoms with Gasteiger partial charge in [0, 0.05) is 17.1 Å². The van der Waals surface area contributed by atoms with Crippen LogP contribution in [0.4, 0.5) is 5.00 Å². The van der Waals surface area contributed by atoms with E-state index in [1.807, 2.05) is 37.3 Å². The number of thiophene rings is 1. The standard InChI is InChI=1S/C21H20N2O4S/c1-3-27-21(26)16-12-17(15-7-5-4-6-8-15)28-20(16)22-18(24)13-23-10-9-14(2)11-19(23)25/h4-12H,3,13H2,1-2H3,(H,22,24). The predicted molar refractivity (Wildman–Crippen MR) is 110 cm³/mol. The fourth-order valence-corrected chi connectivity index (χ4v) is 3.72. The van der Waals surface area contributed by atoms with Crippen molar-refractivity contribution in [2.45, 2.75) is 20.4 Å². The Morgan fingerprint density at radius 3 is 2.57 bits per heavy atom. The molecule has 0 spiro atoms. The molecule has 0 unspecified atom stereocenters. The number of carbonyl (C=O) groups is 2. The zero-order valence-electron chi connectivity index (χ0n) is 15.6. The van der Waals surface area contributed by atoms with Gasteiger partial charge in [0.05, 0.1) is 12.2 Å². The van der Waals surface area contributed by atoms with Crippen LogP contribution in [0, 0.1) is 6.92 Å². The van der Waals surface area contributed by atoms with Gasteiger partial charge in [-0.3, -0.25) is 9.59 Å². The summed E-state index contributed by atoms with van der Waals surface area (Å²) in [4.78, 5) is 37.6. The van der Waals surface area contributed by atoms with Crippen molar-refractivity contribution in [3.8, 4) is 10.4 Å². The number of hydrogen-bond donors (Lipinski definition) is 1. The van der Waals surface area contributed by atoms with E-state index in [0.717, 1.165) is 16.0 Å². The van der Waals surface area contributed by atoms with Crippen LogP contribution >= 0.6 is 11.3 Å². The van der Waals surface area contributed by atoms with Gasteiger partial charge in [-0.1, -0.05) is 30.3 Å². The molecule has 2 heterocycles. The molecule has 0 saturated carbocycles. The Bertz CT molecular complexity index is 1050. The lowest BCUT2D eigenvalue weighted by atomic mass is 10.1. The molecule has 0 aliphatic rings. The number of aromatic nitrogens is 1. The molecule has 1 aromatic carbocycles. The highest BCUT2D eigenvalue weighted by atomic mass is 32.1. The van der Waals surface area contributed by atoms with Crippen molar-refractivity contribution >= 4 is 28.2 Å². The van der Waals surface area contributed by atoms with E-state index < -0.39 is 11.9 Å². The Morgan fingerprint density at radius 2 is 1.89 bits per heavy atom. The molecule has 28 heavy (non-hydrogen) atoms. The second-order valence-corrected chi connectivity index (χ2v) is 7.21. The van der Waals surface area contributed by atoms with Gasteiger partial charge in [0.1, 0.15) is 11.5 Å². The quantitative estimate of drug-likeness (QED) is 0.645. The molecule has 0 saturated heterocycles. The van der Waals surface area contributed by atoms with Gasteiger partial charge in [0.15, 0.2) is 0 Å². The number of ether oxygens (including phenoxy) is 1. The van der Waals surface area contributed by atoms with Crippen molar-refractivity contribution in [2.24, 2.45) is 0 Å². The topological polar surface area (TPSA) is 77.4 Å². The van der Waals surface area contributed by atoms with Gasteiger partial charge in [-0.15, -0.1) is 11.3 Å². The van der Waals surface area contributed by atoms with E-state index in [9.17, 15) is 14.4 Å². The predicted octanol–water partition coefficient (Wildman–Crippen LogP) is 3.70. The maximum atomic E-state index is 12.5. The number of hydrogen-bond acceptors (Lipinski definition) is 5. The first-order valence-electron chi connectivity index (χ1n) is 8.81. The molecule has 0 aliphatic carbocycles. The highest BCUT2D eigenvalue weighted by Gasteiger charge is 2.20. The first-order valence-corrected chi connectivity index (χ1v) is 9.63. The molecule has 3 rings (SSSR count). The maximum Gasteiger partial charge on any atom is 0.341 e. The van der Waals surface area contributed by atoms with E-state index in [2.05, 4.69) is 5.32 Å². The SMILES string of the molecule is CCOC(=O)c1cc(-c2ccccc2)sc1NC(=O)Cn1ccc(C)cc1=O. The molecule has 0 aliphatic heterocycles. The average molecular weight is 396 g/mol. The molecule has 3 aromatic rings. The van der Waals surface area contributed by atoms with Gasteiger partial charge < -0.3 is 14.6 Å². The molecule has 0 bridgehead atoms. The monoisotopic (exact) mass is 396 g/mol. The Hall–Kier alpha value is -3.19. The van der Waals surface area contributed by atoms with Gasteiger partial charge in [-0.25, -0.2) is 4.79 Å². The summed E-state index contributed by atoms with van der Waals surface area (Å²) in [5.74, 6) is -0.887. The average Bonchev–Trinajstić information content (AvgIpc) is 3.09. The lowest BCUT2D eigenvalue weighted by Gasteiger charge is -2.08. The van der Waals surface area contributed by atoms with Crippen LogP contribution in [-0.4, -0.2) is 23.1 Å². The van der Waals surface area contributed by atoms with Crippen molar-refractivity contribution in [3.05, 3.63) is 76.2 Å². The number of nitrogens with zero attached hydrogens (tertiary/aromatic N) is 1. The van der Waals surface area contributed by atoms with Crippen molar-refractivity contribution < 1.29 is 14.3 Å². The lowest BCUT2D eigenvalue weighted by molar-refractivity contribution is -0.116. The molecule has 0 radical (unpaired) electrons. The number of amides is 1. The molecule has 7 heteroatoms. The molecule has 6 nitrogen and oxygen atoms in total. The third kappa shape index (κ3) is 4.55. The lowest BCUT2D eigenvalue weighted by Crippen LogP contribution is -2.27. The van der Waals surface area contributed by atoms with Gasteiger partial charge in [-0.05, 0) is 37.1 Å². The summed E-state index contributed by atoms with van der Waals surface area (Å²) in [6.07, 6.45) is 1.58. The summed E-state index contributed by atoms with van der Waals surface area (Å²) in [5, 5.41) is 3.15. The normalized spacial score (nSPS) is 10.5. The van der Waals surface area contributed by atoms with E-state index in [1.54, 1.807) is 25.3 Å². The Labute approximate surface area is 166 Å². The summed E-state index contributed by atoms with van der Waals surface area (Å²) in [5.41, 5.74) is 1.82. The van der Waals surface area contributed by atoms with E-state index >= 15 is 0 Å². The van der Waals surface area contributed by atoms with Gasteiger partial charge in [0.2, 0.25) is 5.91 Å². The molecule has 144 valence electrons. The van der Waals surface area contributed by atoms with Crippen LogP contribution in [0.1, 0.15) is 22.8 Å². The minimum atomic E-state index is -0.497. The maximum absolute atomic E-state index is 12.5. The zero-order valence-corrected chi connectivity index (χ0v) is 16.4. The summed E-state index contributed by atoms with van der Waals surface area (Å²) >= 11 is 1.29. The van der Waals surface area contributed by atoms with Crippen LogP contribution in [0.15, 0.2) is 59.5 Å². The fourth-order valence-electron chi connectivity index (χ4n) is 2.65. The highest BCUT2D eigenvalue weighted by molar-refractivity contribution is 7.20. The number of pyridine rings is 1. The summed E-state index contributed by atoms with van der Waals surface area (Å²) < 4.78 is 6.43. The second-order valence-electron chi connectivity index (χ2n) is 6.16. The number of aryl methyl sites for hydroxylation is 1. The smallest absolute Gasteiger partial charge is 0.341 e. The van der Waals surface area contributed by atoms with Crippen molar-refractivity contribution in [1.82, 2.24) is 4.57 Å². The third-order valence-corrected chi connectivity index (χ3v) is 5.10. The van der Waals surface area contributed by atoms with Crippen LogP contribution in [0.2, 0.25) is 0 Å². The van der Waals surface area contributed by atoms with Crippen LogP contribution in [0.5, 0.6) is 0 Å². The summed E-state index contributed by atoms with van der Waals surface area (Å²) in [7, 11) is 0. The summed E-state index contributed by atoms with van der Waals surface area (Å²) in [6.45, 7) is 3.64. The number of benzene rings is 1.